The molecular formula is C13H21ClN4O2S. The first-order chi connectivity index (χ1) is 9.85. The lowest BCUT2D eigenvalue weighted by Crippen LogP contribution is -2.42. The van der Waals surface area contributed by atoms with Crippen molar-refractivity contribution in [3.63, 3.8) is 0 Å². The van der Waals surface area contributed by atoms with Gasteiger partial charge in [-0.25, -0.2) is 23.1 Å². The van der Waals surface area contributed by atoms with Crippen LogP contribution in [0.15, 0.2) is 6.07 Å². The summed E-state index contributed by atoms with van der Waals surface area (Å²) < 4.78 is 24.9. The first-order valence-corrected chi connectivity index (χ1v) is 9.34. The standard InChI is InChI=1S/C13H21ClN4O2S/c1-10-16-12(14)9-13(17-10)18-8-4-3-5-11(18)6-7-15-21(2,19)20/h9,11,15H,3-8H2,1-2H3/t11-/m0/s1. The number of aryl methyl sites for hydroxylation is 1. The Balaban J connectivity index is 2.07. The Morgan fingerprint density at radius 1 is 1.43 bits per heavy atom. The van der Waals surface area contributed by atoms with Crippen LogP contribution in [0.5, 0.6) is 0 Å². The van der Waals surface area contributed by atoms with Gasteiger partial charge in [0.05, 0.1) is 6.26 Å². The Morgan fingerprint density at radius 3 is 2.86 bits per heavy atom. The maximum atomic E-state index is 11.2. The molecule has 0 saturated carbocycles. The Bertz CT molecular complexity index is 574. The van der Waals surface area contributed by atoms with E-state index in [1.807, 2.05) is 6.92 Å². The number of nitrogens with one attached hydrogen (secondary N) is 1. The summed E-state index contributed by atoms with van der Waals surface area (Å²) in [4.78, 5) is 10.8. The molecule has 0 aliphatic carbocycles. The predicted molar refractivity (Wildman–Crippen MR) is 84.2 cm³/mol. The van der Waals surface area contributed by atoms with E-state index in [2.05, 4.69) is 19.6 Å². The molecule has 0 spiro atoms. The van der Waals surface area contributed by atoms with Crippen LogP contribution in [0.1, 0.15) is 31.5 Å². The summed E-state index contributed by atoms with van der Waals surface area (Å²) in [5.41, 5.74) is 0. The molecule has 118 valence electrons. The second-order valence-electron chi connectivity index (χ2n) is 5.39. The van der Waals surface area contributed by atoms with Crippen LogP contribution in [-0.4, -0.2) is 43.8 Å². The van der Waals surface area contributed by atoms with Crippen molar-refractivity contribution in [3.05, 3.63) is 17.0 Å². The maximum Gasteiger partial charge on any atom is 0.208 e. The molecule has 1 fully saturated rings. The maximum absolute atomic E-state index is 11.2. The van der Waals surface area contributed by atoms with Crippen molar-refractivity contribution in [1.82, 2.24) is 14.7 Å². The molecule has 8 heteroatoms. The molecule has 6 nitrogen and oxygen atoms in total. The lowest BCUT2D eigenvalue weighted by Gasteiger charge is -2.37. The molecule has 1 aromatic heterocycles. The fourth-order valence-corrected chi connectivity index (χ4v) is 3.39. The number of halogens is 1. The number of piperidine rings is 1. The molecule has 1 N–H and O–H groups in total. The highest BCUT2D eigenvalue weighted by Gasteiger charge is 2.24. The Labute approximate surface area is 131 Å². The zero-order valence-electron chi connectivity index (χ0n) is 12.3. The van der Waals surface area contributed by atoms with Crippen molar-refractivity contribution < 1.29 is 8.42 Å². The molecule has 0 aromatic carbocycles. The summed E-state index contributed by atoms with van der Waals surface area (Å²) in [7, 11) is -3.14. The highest BCUT2D eigenvalue weighted by Crippen LogP contribution is 2.26. The van der Waals surface area contributed by atoms with E-state index >= 15 is 0 Å². The average Bonchev–Trinajstić information content (AvgIpc) is 2.36. The highest BCUT2D eigenvalue weighted by molar-refractivity contribution is 7.88. The van der Waals surface area contributed by atoms with E-state index in [1.54, 1.807) is 6.07 Å². The van der Waals surface area contributed by atoms with Crippen molar-refractivity contribution in [3.8, 4) is 0 Å². The molecule has 2 rings (SSSR count). The van der Waals surface area contributed by atoms with E-state index in [9.17, 15) is 8.42 Å². The molecule has 1 aromatic rings. The van der Waals surface area contributed by atoms with Crippen LogP contribution in [0, 0.1) is 6.92 Å². The fourth-order valence-electron chi connectivity index (χ4n) is 2.68. The van der Waals surface area contributed by atoms with Crippen molar-refractivity contribution in [2.75, 3.05) is 24.2 Å². The third kappa shape index (κ3) is 5.09. The number of nitrogens with zero attached hydrogens (tertiary/aromatic N) is 3. The fraction of sp³-hybridized carbons (Fsp3) is 0.692. The van der Waals surface area contributed by atoms with Crippen LogP contribution >= 0.6 is 11.6 Å². The third-order valence-electron chi connectivity index (χ3n) is 3.56. The van der Waals surface area contributed by atoms with Crippen LogP contribution in [-0.2, 0) is 10.0 Å². The van der Waals surface area contributed by atoms with E-state index in [0.29, 0.717) is 17.5 Å². The number of hydrogen-bond donors (Lipinski definition) is 1. The lowest BCUT2D eigenvalue weighted by atomic mass is 9.99. The lowest BCUT2D eigenvalue weighted by molar-refractivity contribution is 0.433. The Morgan fingerprint density at radius 2 is 2.19 bits per heavy atom. The number of rotatable bonds is 5. The van der Waals surface area contributed by atoms with Crippen LogP contribution in [0.25, 0.3) is 0 Å². The molecule has 1 atom stereocenters. The van der Waals surface area contributed by atoms with Gasteiger partial charge in [0, 0.05) is 25.2 Å². The van der Waals surface area contributed by atoms with Gasteiger partial charge in [-0.2, -0.15) is 0 Å². The minimum Gasteiger partial charge on any atom is -0.353 e. The Kier molecular flexibility index (Phi) is 5.40. The van der Waals surface area contributed by atoms with Gasteiger partial charge >= 0.3 is 0 Å². The van der Waals surface area contributed by atoms with Crippen molar-refractivity contribution in [1.29, 1.82) is 0 Å². The Hall–Kier alpha value is -0.920. The zero-order valence-corrected chi connectivity index (χ0v) is 13.9. The first kappa shape index (κ1) is 16.5. The molecule has 1 saturated heterocycles. The number of anilines is 1. The van der Waals surface area contributed by atoms with Crippen molar-refractivity contribution in [2.45, 2.75) is 38.6 Å². The summed E-state index contributed by atoms with van der Waals surface area (Å²) in [6.45, 7) is 3.17. The molecule has 0 unspecified atom stereocenters. The molecule has 1 aliphatic heterocycles. The van der Waals surface area contributed by atoms with Gasteiger partial charge in [-0.1, -0.05) is 11.6 Å². The van der Waals surface area contributed by atoms with E-state index in [0.717, 1.165) is 38.0 Å². The van der Waals surface area contributed by atoms with Crippen LogP contribution in [0.2, 0.25) is 5.15 Å². The van der Waals surface area contributed by atoms with Crippen LogP contribution in [0.4, 0.5) is 5.82 Å². The van der Waals surface area contributed by atoms with E-state index in [-0.39, 0.29) is 6.04 Å². The second-order valence-corrected chi connectivity index (χ2v) is 7.61. The minimum atomic E-state index is -3.14. The number of sulfonamides is 1. The molecule has 1 aliphatic rings. The first-order valence-electron chi connectivity index (χ1n) is 7.07. The van der Waals surface area contributed by atoms with Gasteiger partial charge in [0.25, 0.3) is 0 Å². The van der Waals surface area contributed by atoms with E-state index < -0.39 is 10.0 Å². The quantitative estimate of drug-likeness (QED) is 0.831. The van der Waals surface area contributed by atoms with Gasteiger partial charge in [0.15, 0.2) is 0 Å². The monoisotopic (exact) mass is 332 g/mol. The third-order valence-corrected chi connectivity index (χ3v) is 4.48. The molecule has 2 heterocycles. The number of hydrogen-bond acceptors (Lipinski definition) is 5. The van der Waals surface area contributed by atoms with Crippen LogP contribution < -0.4 is 9.62 Å². The van der Waals surface area contributed by atoms with E-state index in [4.69, 9.17) is 11.6 Å². The summed E-state index contributed by atoms with van der Waals surface area (Å²) >= 11 is 6.01. The number of aromatic nitrogens is 2. The van der Waals surface area contributed by atoms with Gasteiger partial charge in [0.1, 0.15) is 16.8 Å². The topological polar surface area (TPSA) is 75.2 Å². The van der Waals surface area contributed by atoms with Gasteiger partial charge < -0.3 is 4.90 Å². The molecule has 21 heavy (non-hydrogen) atoms. The van der Waals surface area contributed by atoms with Crippen LogP contribution in [0.3, 0.4) is 0 Å². The van der Waals surface area contributed by atoms with Crippen molar-refractivity contribution in [2.24, 2.45) is 0 Å². The van der Waals surface area contributed by atoms with Gasteiger partial charge in [-0.3, -0.25) is 0 Å². The van der Waals surface area contributed by atoms with Gasteiger partial charge in [0.2, 0.25) is 10.0 Å². The normalized spacial score (nSPS) is 19.8. The molecular weight excluding hydrogens is 312 g/mol. The summed E-state index contributed by atoms with van der Waals surface area (Å²) in [6, 6.07) is 2.05. The molecule has 0 amide bonds. The molecule has 0 radical (unpaired) electrons. The summed E-state index contributed by atoms with van der Waals surface area (Å²) in [5, 5.41) is 0.441. The smallest absolute Gasteiger partial charge is 0.208 e. The van der Waals surface area contributed by atoms with E-state index in [1.165, 1.54) is 6.26 Å². The SMILES string of the molecule is Cc1nc(Cl)cc(N2CCCC[C@H]2CCNS(C)(=O)=O)n1. The van der Waals surface area contributed by atoms with Crippen molar-refractivity contribution >= 4 is 27.4 Å². The zero-order chi connectivity index (χ0) is 15.5. The largest absolute Gasteiger partial charge is 0.353 e. The van der Waals surface area contributed by atoms with Gasteiger partial charge in [-0.15, -0.1) is 0 Å². The summed E-state index contributed by atoms with van der Waals surface area (Å²) in [6.07, 6.45) is 5.23. The average molecular weight is 333 g/mol. The second kappa shape index (κ2) is 6.89. The predicted octanol–water partition coefficient (Wildman–Crippen LogP) is 1.74. The minimum absolute atomic E-state index is 0.276. The highest BCUT2D eigenvalue weighted by atomic mass is 35.5. The summed E-state index contributed by atoms with van der Waals surface area (Å²) in [5.74, 6) is 1.48. The van der Waals surface area contributed by atoms with Gasteiger partial charge in [-0.05, 0) is 32.6 Å². The molecule has 0 bridgehead atoms.